The van der Waals surface area contributed by atoms with E-state index in [1.165, 1.54) is 26.6 Å². The molecule has 16 heavy (non-hydrogen) atoms. The maximum absolute atomic E-state index is 3.56. The van der Waals surface area contributed by atoms with Gasteiger partial charge in [0.25, 0.3) is 0 Å². The third-order valence-corrected chi connectivity index (χ3v) is 4.05. The van der Waals surface area contributed by atoms with Crippen LogP contribution >= 0.6 is 15.9 Å². The van der Waals surface area contributed by atoms with Crippen LogP contribution in [0.5, 0.6) is 0 Å². The van der Waals surface area contributed by atoms with E-state index in [2.05, 4.69) is 58.0 Å². The second-order valence-corrected chi connectivity index (χ2v) is 5.53. The lowest BCUT2D eigenvalue weighted by Gasteiger charge is -2.21. The zero-order valence-electron chi connectivity index (χ0n) is 9.55. The lowest BCUT2D eigenvalue weighted by Crippen LogP contribution is -2.27. The molecule has 1 atom stereocenters. The number of aryl methyl sites for hydroxylation is 1. The molecule has 0 saturated carbocycles. The van der Waals surface area contributed by atoms with E-state index in [9.17, 15) is 0 Å². The van der Waals surface area contributed by atoms with Crippen LogP contribution in [0.25, 0.3) is 10.9 Å². The van der Waals surface area contributed by atoms with Gasteiger partial charge in [-0.3, -0.25) is 0 Å². The minimum absolute atomic E-state index is 0.599. The number of aromatic nitrogens is 1. The van der Waals surface area contributed by atoms with Crippen molar-refractivity contribution in [3.8, 4) is 0 Å². The van der Waals surface area contributed by atoms with Crippen LogP contribution in [0.15, 0.2) is 22.7 Å². The highest BCUT2D eigenvalue weighted by Gasteiger charge is 2.23. The summed E-state index contributed by atoms with van der Waals surface area (Å²) in [5.41, 5.74) is 4.30. The Labute approximate surface area is 104 Å². The van der Waals surface area contributed by atoms with E-state index < -0.39 is 0 Å². The third-order valence-electron chi connectivity index (χ3n) is 3.56. The van der Waals surface area contributed by atoms with Crippen LogP contribution in [0.1, 0.15) is 24.1 Å². The summed E-state index contributed by atoms with van der Waals surface area (Å²) in [4.78, 5) is 0. The van der Waals surface area contributed by atoms with Gasteiger partial charge in [-0.1, -0.05) is 22.9 Å². The molecule has 3 rings (SSSR count). The fraction of sp³-hybridized carbons (Fsp3) is 0.385. The predicted molar refractivity (Wildman–Crippen MR) is 70.7 cm³/mol. The van der Waals surface area contributed by atoms with E-state index in [4.69, 9.17) is 0 Å². The first-order valence-electron chi connectivity index (χ1n) is 5.66. The summed E-state index contributed by atoms with van der Waals surface area (Å²) in [6.45, 7) is 4.37. The van der Waals surface area contributed by atoms with Gasteiger partial charge in [-0.2, -0.15) is 0 Å². The Morgan fingerprint density at radius 2 is 2.25 bits per heavy atom. The van der Waals surface area contributed by atoms with Gasteiger partial charge in [0, 0.05) is 41.2 Å². The van der Waals surface area contributed by atoms with Crippen LogP contribution in [-0.2, 0) is 13.6 Å². The van der Waals surface area contributed by atoms with Crippen molar-refractivity contribution in [1.82, 2.24) is 9.88 Å². The molecule has 1 N–H and O–H groups in total. The number of rotatable bonds is 0. The zero-order chi connectivity index (χ0) is 11.3. The second-order valence-electron chi connectivity index (χ2n) is 4.61. The van der Waals surface area contributed by atoms with Crippen LogP contribution in [-0.4, -0.2) is 11.1 Å². The molecule has 1 aromatic heterocycles. The fourth-order valence-electron chi connectivity index (χ4n) is 2.77. The summed E-state index contributed by atoms with van der Waals surface area (Å²) < 4.78 is 3.49. The van der Waals surface area contributed by atoms with E-state index in [0.717, 1.165) is 13.1 Å². The minimum Gasteiger partial charge on any atom is -0.346 e. The van der Waals surface area contributed by atoms with Crippen molar-refractivity contribution < 1.29 is 0 Å². The lowest BCUT2D eigenvalue weighted by atomic mass is 9.95. The van der Waals surface area contributed by atoms with E-state index in [0.29, 0.717) is 5.92 Å². The van der Waals surface area contributed by atoms with Gasteiger partial charge in [0.1, 0.15) is 0 Å². The van der Waals surface area contributed by atoms with Crippen molar-refractivity contribution in [1.29, 1.82) is 0 Å². The maximum atomic E-state index is 3.56. The Hall–Kier alpha value is -0.800. The van der Waals surface area contributed by atoms with Gasteiger partial charge < -0.3 is 9.88 Å². The first-order chi connectivity index (χ1) is 7.68. The van der Waals surface area contributed by atoms with Crippen molar-refractivity contribution in [2.45, 2.75) is 19.4 Å². The van der Waals surface area contributed by atoms with Crippen LogP contribution in [0.3, 0.4) is 0 Å². The Morgan fingerprint density at radius 1 is 1.44 bits per heavy atom. The smallest absolute Gasteiger partial charge is 0.0484 e. The van der Waals surface area contributed by atoms with Crippen molar-refractivity contribution in [3.05, 3.63) is 33.9 Å². The van der Waals surface area contributed by atoms with Crippen molar-refractivity contribution >= 4 is 26.8 Å². The molecule has 1 aliphatic rings. The average molecular weight is 279 g/mol. The SMILES string of the molecule is CC1CNCc2c1c1cc(Br)ccc1n2C. The molecule has 2 heterocycles. The molecule has 2 aromatic rings. The number of nitrogens with zero attached hydrogens (tertiary/aromatic N) is 1. The summed E-state index contributed by atoms with van der Waals surface area (Å²) in [6.07, 6.45) is 0. The number of fused-ring (bicyclic) bond motifs is 3. The van der Waals surface area contributed by atoms with Crippen LogP contribution in [0, 0.1) is 0 Å². The summed E-state index contributed by atoms with van der Waals surface area (Å²) in [6, 6.07) is 6.56. The predicted octanol–water partition coefficient (Wildman–Crippen LogP) is 3.15. The molecule has 0 fully saturated rings. The molecule has 2 nitrogen and oxygen atoms in total. The van der Waals surface area contributed by atoms with Crippen molar-refractivity contribution in [2.75, 3.05) is 6.54 Å². The highest BCUT2D eigenvalue weighted by atomic mass is 79.9. The Kier molecular flexibility index (Phi) is 2.33. The summed E-state index contributed by atoms with van der Waals surface area (Å²) in [5, 5.41) is 4.88. The van der Waals surface area contributed by atoms with Crippen LogP contribution < -0.4 is 5.32 Å². The van der Waals surface area contributed by atoms with Gasteiger partial charge >= 0.3 is 0 Å². The third kappa shape index (κ3) is 1.35. The summed E-state index contributed by atoms with van der Waals surface area (Å²) >= 11 is 3.56. The van der Waals surface area contributed by atoms with E-state index >= 15 is 0 Å². The molecule has 0 amide bonds. The molecule has 0 aliphatic carbocycles. The Balaban J connectivity index is 2.40. The van der Waals surface area contributed by atoms with Crippen molar-refractivity contribution in [2.24, 2.45) is 7.05 Å². The van der Waals surface area contributed by atoms with Crippen LogP contribution in [0.4, 0.5) is 0 Å². The molecule has 0 saturated heterocycles. The number of benzene rings is 1. The maximum Gasteiger partial charge on any atom is 0.0484 e. The average Bonchev–Trinajstić information content (AvgIpc) is 2.54. The van der Waals surface area contributed by atoms with Gasteiger partial charge in [0.2, 0.25) is 0 Å². The molecule has 84 valence electrons. The largest absolute Gasteiger partial charge is 0.346 e. The lowest BCUT2D eigenvalue weighted by molar-refractivity contribution is 0.553. The van der Waals surface area contributed by atoms with Crippen molar-refractivity contribution in [3.63, 3.8) is 0 Å². The molecular weight excluding hydrogens is 264 g/mol. The molecule has 0 bridgehead atoms. The first-order valence-corrected chi connectivity index (χ1v) is 6.45. The number of hydrogen-bond acceptors (Lipinski definition) is 1. The summed E-state index contributed by atoms with van der Waals surface area (Å²) in [7, 11) is 2.16. The topological polar surface area (TPSA) is 17.0 Å². The van der Waals surface area contributed by atoms with E-state index in [1.807, 2.05) is 0 Å². The number of halogens is 1. The monoisotopic (exact) mass is 278 g/mol. The highest BCUT2D eigenvalue weighted by molar-refractivity contribution is 9.10. The second kappa shape index (κ2) is 3.60. The normalized spacial score (nSPS) is 20.1. The molecule has 0 radical (unpaired) electrons. The fourth-order valence-corrected chi connectivity index (χ4v) is 3.13. The Morgan fingerprint density at radius 3 is 3.06 bits per heavy atom. The number of hydrogen-bond donors (Lipinski definition) is 1. The van der Waals surface area contributed by atoms with Gasteiger partial charge in [-0.25, -0.2) is 0 Å². The molecule has 1 aliphatic heterocycles. The zero-order valence-corrected chi connectivity index (χ0v) is 11.1. The van der Waals surface area contributed by atoms with Gasteiger partial charge in [-0.05, 0) is 29.7 Å². The van der Waals surface area contributed by atoms with Gasteiger partial charge in [-0.15, -0.1) is 0 Å². The van der Waals surface area contributed by atoms with E-state index in [1.54, 1.807) is 0 Å². The molecular formula is C13H15BrN2. The molecule has 0 spiro atoms. The quantitative estimate of drug-likeness (QED) is 0.784. The molecule has 1 aromatic carbocycles. The van der Waals surface area contributed by atoms with E-state index in [-0.39, 0.29) is 0 Å². The number of nitrogens with one attached hydrogen (secondary N) is 1. The van der Waals surface area contributed by atoms with Gasteiger partial charge in [0.05, 0.1) is 0 Å². The molecule has 1 unspecified atom stereocenters. The minimum atomic E-state index is 0.599. The molecule has 3 heteroatoms. The van der Waals surface area contributed by atoms with Gasteiger partial charge in [0.15, 0.2) is 0 Å². The highest BCUT2D eigenvalue weighted by Crippen LogP contribution is 2.34. The first kappa shape index (κ1) is 10.4. The summed E-state index contributed by atoms with van der Waals surface area (Å²) in [5.74, 6) is 0.599. The van der Waals surface area contributed by atoms with Crippen LogP contribution in [0.2, 0.25) is 0 Å². The Bertz CT molecular complexity index is 557. The standard InChI is InChI=1S/C13H15BrN2/c1-8-6-15-7-12-13(8)10-5-9(14)3-4-11(10)16(12)2/h3-5,8,15H,6-7H2,1-2H3.